The van der Waals surface area contributed by atoms with Crippen LogP contribution in [0, 0.1) is 10.1 Å². The molecule has 1 aliphatic heterocycles. The van der Waals surface area contributed by atoms with Gasteiger partial charge in [0.2, 0.25) is 0 Å². The first-order chi connectivity index (χ1) is 11.6. The average molecular weight is 349 g/mol. The lowest BCUT2D eigenvalue weighted by atomic mass is 10.1. The van der Waals surface area contributed by atoms with Crippen LogP contribution in [0.4, 0.5) is 5.69 Å². The Morgan fingerprint density at radius 2 is 2.29 bits per heavy atom. The molecular formula is C16H15NO6S. The molecule has 1 aliphatic rings. The zero-order valence-electron chi connectivity index (χ0n) is 12.7. The largest absolute Gasteiger partial charge is 0.467 e. The third kappa shape index (κ3) is 3.90. The molecule has 126 valence electrons. The molecule has 2 aromatic rings. The molecule has 0 unspecified atom stereocenters. The Morgan fingerprint density at radius 3 is 3.04 bits per heavy atom. The highest BCUT2D eigenvalue weighted by Gasteiger charge is 2.21. The summed E-state index contributed by atoms with van der Waals surface area (Å²) < 4.78 is 15.8. The van der Waals surface area contributed by atoms with Crippen LogP contribution in [-0.2, 0) is 33.9 Å². The van der Waals surface area contributed by atoms with Crippen molar-refractivity contribution in [1.82, 2.24) is 0 Å². The van der Waals surface area contributed by atoms with Crippen molar-refractivity contribution in [3.05, 3.63) is 55.8 Å². The van der Waals surface area contributed by atoms with Crippen LogP contribution in [0.2, 0.25) is 0 Å². The normalized spacial score (nSPS) is 13.0. The van der Waals surface area contributed by atoms with E-state index in [0.29, 0.717) is 23.3 Å². The fraction of sp³-hybridized carbons (Fsp3) is 0.312. The first-order valence-corrected chi connectivity index (χ1v) is 8.25. The molecule has 0 aliphatic carbocycles. The minimum atomic E-state index is -0.489. The smallest absolute Gasteiger partial charge is 0.306 e. The molecule has 8 heteroatoms. The van der Waals surface area contributed by atoms with Crippen LogP contribution < -0.4 is 4.74 Å². The molecule has 0 N–H and O–H groups in total. The van der Waals surface area contributed by atoms with E-state index in [1.165, 1.54) is 12.1 Å². The van der Waals surface area contributed by atoms with Gasteiger partial charge in [-0.3, -0.25) is 14.9 Å². The summed E-state index contributed by atoms with van der Waals surface area (Å²) in [6.07, 6.45) is 0.873. The van der Waals surface area contributed by atoms with E-state index in [2.05, 4.69) is 0 Å². The first kappa shape index (κ1) is 16.4. The maximum Gasteiger partial charge on any atom is 0.306 e. The number of esters is 1. The van der Waals surface area contributed by atoms with Crippen molar-refractivity contribution >= 4 is 23.0 Å². The number of nitro groups is 1. The Labute approximate surface area is 141 Å². The zero-order chi connectivity index (χ0) is 16.9. The third-order valence-corrected chi connectivity index (χ3v) is 4.30. The fourth-order valence-electron chi connectivity index (χ4n) is 2.41. The number of ether oxygens (including phenoxy) is 3. The molecule has 0 fully saturated rings. The number of hydrogen-bond donors (Lipinski definition) is 0. The average Bonchev–Trinajstić information content (AvgIpc) is 3.11. The summed E-state index contributed by atoms with van der Waals surface area (Å²) in [5.74, 6) is 0.144. The summed E-state index contributed by atoms with van der Waals surface area (Å²) in [7, 11) is 0. The molecule has 0 saturated carbocycles. The van der Waals surface area contributed by atoms with Gasteiger partial charge < -0.3 is 14.2 Å². The number of aryl methyl sites for hydroxylation is 1. The lowest BCUT2D eigenvalue weighted by Gasteiger charge is -2.20. The van der Waals surface area contributed by atoms with Crippen LogP contribution in [0.25, 0.3) is 0 Å². The summed E-state index contributed by atoms with van der Waals surface area (Å²) >= 11 is 1.58. The van der Waals surface area contributed by atoms with E-state index >= 15 is 0 Å². The number of fused-ring (bicyclic) bond motifs is 1. The molecule has 0 bridgehead atoms. The van der Waals surface area contributed by atoms with Crippen LogP contribution in [0.5, 0.6) is 5.75 Å². The van der Waals surface area contributed by atoms with E-state index in [1.54, 1.807) is 11.3 Å². The lowest BCUT2D eigenvalue weighted by Crippen LogP contribution is -2.15. The van der Waals surface area contributed by atoms with E-state index in [1.807, 2.05) is 16.8 Å². The van der Waals surface area contributed by atoms with Gasteiger partial charge in [-0.05, 0) is 28.8 Å². The van der Waals surface area contributed by atoms with E-state index < -0.39 is 4.92 Å². The Kier molecular flexibility index (Phi) is 5.07. The van der Waals surface area contributed by atoms with Gasteiger partial charge in [0.1, 0.15) is 12.4 Å². The van der Waals surface area contributed by atoms with Gasteiger partial charge in [-0.15, -0.1) is 0 Å². The highest BCUT2D eigenvalue weighted by atomic mass is 32.1. The van der Waals surface area contributed by atoms with E-state index in [9.17, 15) is 14.9 Å². The second kappa shape index (κ2) is 7.41. The number of hydrogen-bond acceptors (Lipinski definition) is 7. The van der Waals surface area contributed by atoms with Crippen molar-refractivity contribution in [2.45, 2.75) is 26.1 Å². The van der Waals surface area contributed by atoms with Gasteiger partial charge in [-0.2, -0.15) is 11.3 Å². The van der Waals surface area contributed by atoms with Gasteiger partial charge in [0, 0.05) is 29.7 Å². The zero-order valence-corrected chi connectivity index (χ0v) is 13.5. The number of carbonyl (C=O) groups is 1. The molecule has 0 atom stereocenters. The summed E-state index contributed by atoms with van der Waals surface area (Å²) in [6.45, 7) is 0.243. The minimum absolute atomic E-state index is 0.0630. The molecule has 0 amide bonds. The highest BCUT2D eigenvalue weighted by Crippen LogP contribution is 2.33. The molecule has 0 saturated heterocycles. The van der Waals surface area contributed by atoms with Crippen molar-refractivity contribution in [1.29, 1.82) is 0 Å². The molecule has 1 aromatic carbocycles. The van der Waals surface area contributed by atoms with Crippen molar-refractivity contribution < 1.29 is 23.9 Å². The topological polar surface area (TPSA) is 87.9 Å². The molecule has 24 heavy (non-hydrogen) atoms. The van der Waals surface area contributed by atoms with E-state index in [0.717, 1.165) is 5.56 Å². The van der Waals surface area contributed by atoms with Crippen molar-refractivity contribution in [2.75, 3.05) is 6.79 Å². The highest BCUT2D eigenvalue weighted by molar-refractivity contribution is 7.07. The van der Waals surface area contributed by atoms with Gasteiger partial charge in [0.25, 0.3) is 5.69 Å². The summed E-state index contributed by atoms with van der Waals surface area (Å²) in [6, 6.07) is 4.75. The first-order valence-electron chi connectivity index (χ1n) is 7.31. The minimum Gasteiger partial charge on any atom is -0.467 e. The second-order valence-electron chi connectivity index (χ2n) is 5.25. The number of nitrogens with zero attached hydrogens (tertiary/aromatic N) is 1. The Balaban J connectivity index is 1.66. The van der Waals surface area contributed by atoms with Crippen molar-refractivity contribution in [3.8, 4) is 5.75 Å². The predicted molar refractivity (Wildman–Crippen MR) is 85.8 cm³/mol. The summed E-state index contributed by atoms with van der Waals surface area (Å²) in [5, 5.41) is 15.0. The number of carbonyl (C=O) groups excluding carboxylic acids is 1. The van der Waals surface area contributed by atoms with Gasteiger partial charge in [0.15, 0.2) is 6.79 Å². The van der Waals surface area contributed by atoms with Crippen LogP contribution >= 0.6 is 11.3 Å². The standard InChI is InChI=1S/C16H15NO6S/c18-15(2-1-11-3-4-24-9-11)22-8-13-6-14(17(19)20)5-12-7-21-10-23-16(12)13/h3-6,9H,1-2,7-8,10H2. The van der Waals surface area contributed by atoms with Crippen LogP contribution in [0.1, 0.15) is 23.1 Å². The molecule has 1 aromatic heterocycles. The maximum atomic E-state index is 11.9. The van der Waals surface area contributed by atoms with Gasteiger partial charge in [-0.1, -0.05) is 0 Å². The number of rotatable bonds is 6. The van der Waals surface area contributed by atoms with Gasteiger partial charge >= 0.3 is 5.97 Å². The van der Waals surface area contributed by atoms with Gasteiger partial charge in [0.05, 0.1) is 11.5 Å². The van der Waals surface area contributed by atoms with Crippen LogP contribution in [-0.4, -0.2) is 17.7 Å². The third-order valence-electron chi connectivity index (χ3n) is 3.57. The Morgan fingerprint density at radius 1 is 1.42 bits per heavy atom. The Bertz CT molecular complexity index is 743. The van der Waals surface area contributed by atoms with Gasteiger partial charge in [-0.25, -0.2) is 0 Å². The quantitative estimate of drug-likeness (QED) is 0.452. The number of nitro benzene ring substituents is 1. The summed E-state index contributed by atoms with van der Waals surface area (Å²) in [5.41, 5.74) is 2.07. The molecule has 0 radical (unpaired) electrons. The van der Waals surface area contributed by atoms with Crippen LogP contribution in [0.3, 0.4) is 0 Å². The van der Waals surface area contributed by atoms with Crippen LogP contribution in [0.15, 0.2) is 29.0 Å². The summed E-state index contributed by atoms with van der Waals surface area (Å²) in [4.78, 5) is 22.4. The number of benzene rings is 1. The molecule has 3 rings (SSSR count). The molecule has 0 spiro atoms. The maximum absolute atomic E-state index is 11.9. The molecular weight excluding hydrogens is 334 g/mol. The van der Waals surface area contributed by atoms with Crippen molar-refractivity contribution in [2.24, 2.45) is 0 Å². The number of thiophene rings is 1. The van der Waals surface area contributed by atoms with Crippen molar-refractivity contribution in [3.63, 3.8) is 0 Å². The SMILES string of the molecule is O=C(CCc1ccsc1)OCc1cc([N+](=O)[O-])cc2c1OCOC2. The monoisotopic (exact) mass is 349 g/mol. The predicted octanol–water partition coefficient (Wildman–Crippen LogP) is 3.20. The molecule has 7 nitrogen and oxygen atoms in total. The lowest BCUT2D eigenvalue weighted by molar-refractivity contribution is -0.385. The molecule has 2 heterocycles. The second-order valence-corrected chi connectivity index (χ2v) is 6.03. The fourth-order valence-corrected chi connectivity index (χ4v) is 3.11. The number of non-ortho nitro benzene ring substituents is 1. The Hall–Kier alpha value is -2.45. The van der Waals surface area contributed by atoms with E-state index in [4.69, 9.17) is 14.2 Å². The van der Waals surface area contributed by atoms with E-state index in [-0.39, 0.29) is 38.1 Å².